The van der Waals surface area contributed by atoms with Crippen LogP contribution in [0.4, 0.5) is 8.78 Å². The molecular weight excluding hydrogens is 282 g/mol. The molecule has 1 heterocycles. The van der Waals surface area contributed by atoms with Gasteiger partial charge in [-0.2, -0.15) is 0 Å². The number of carbonyl (C=O) groups excluding carboxylic acids is 1. The minimum Gasteiger partial charge on any atom is -0.489 e. The number of nitrogens with one attached hydrogen (secondary N) is 1. The Kier molecular flexibility index (Phi) is 5.46. The quantitative estimate of drug-likeness (QED) is 0.768. The van der Waals surface area contributed by atoms with E-state index in [1.165, 1.54) is 6.07 Å². The fourth-order valence-electron chi connectivity index (χ4n) is 2.11. The number of carbonyl (C=O) groups is 1. The molecule has 0 saturated carbocycles. The number of rotatable bonds is 6. The fourth-order valence-corrected chi connectivity index (χ4v) is 2.11. The van der Waals surface area contributed by atoms with E-state index in [0.29, 0.717) is 13.0 Å². The number of hydrogen-bond donors (Lipinski definition) is 2. The normalized spacial score (nSPS) is 21.3. The van der Waals surface area contributed by atoms with Gasteiger partial charge in [0.05, 0.1) is 12.6 Å². The predicted octanol–water partition coefficient (Wildman–Crippen LogP) is 0.966. The van der Waals surface area contributed by atoms with Crippen molar-refractivity contribution in [2.24, 2.45) is 5.73 Å². The van der Waals surface area contributed by atoms with E-state index in [1.54, 1.807) is 0 Å². The molecule has 0 radical (unpaired) electrons. The van der Waals surface area contributed by atoms with Crippen molar-refractivity contribution < 1.29 is 23.0 Å². The standard InChI is InChI=1S/C14H18F2N2O3/c15-9-1-3-12(11(16)7-9)20-6-5-18-14(19)13-4-2-10(8-17)21-13/h1,3,7,10,13H,2,4-6,8,17H2,(H,18,19)/t10-,13+/m1/s1. The molecule has 116 valence electrons. The maximum atomic E-state index is 13.3. The summed E-state index contributed by atoms with van der Waals surface area (Å²) in [6.07, 6.45) is 0.860. The second-order valence-electron chi connectivity index (χ2n) is 4.77. The van der Waals surface area contributed by atoms with Crippen molar-refractivity contribution in [2.75, 3.05) is 19.7 Å². The van der Waals surface area contributed by atoms with Gasteiger partial charge in [-0.25, -0.2) is 8.78 Å². The Morgan fingerprint density at radius 1 is 1.43 bits per heavy atom. The van der Waals surface area contributed by atoms with E-state index in [9.17, 15) is 13.6 Å². The lowest BCUT2D eigenvalue weighted by Gasteiger charge is -2.13. The van der Waals surface area contributed by atoms with Crippen LogP contribution in [0.5, 0.6) is 5.75 Å². The first-order valence-electron chi connectivity index (χ1n) is 6.81. The Labute approximate surface area is 121 Å². The first-order valence-corrected chi connectivity index (χ1v) is 6.81. The summed E-state index contributed by atoms with van der Waals surface area (Å²) in [4.78, 5) is 11.8. The molecule has 1 saturated heterocycles. The van der Waals surface area contributed by atoms with Gasteiger partial charge in [0, 0.05) is 12.6 Å². The van der Waals surface area contributed by atoms with Gasteiger partial charge in [0.1, 0.15) is 18.5 Å². The smallest absolute Gasteiger partial charge is 0.249 e. The molecule has 0 aliphatic carbocycles. The summed E-state index contributed by atoms with van der Waals surface area (Å²) in [6, 6.07) is 3.06. The van der Waals surface area contributed by atoms with Crippen LogP contribution >= 0.6 is 0 Å². The van der Waals surface area contributed by atoms with Crippen molar-refractivity contribution in [3.05, 3.63) is 29.8 Å². The Bertz CT molecular complexity index is 499. The number of hydrogen-bond acceptors (Lipinski definition) is 4. The number of amides is 1. The molecule has 3 N–H and O–H groups in total. The zero-order valence-electron chi connectivity index (χ0n) is 11.5. The van der Waals surface area contributed by atoms with Crippen molar-refractivity contribution in [3.8, 4) is 5.75 Å². The summed E-state index contributed by atoms with van der Waals surface area (Å²) in [5.74, 6) is -1.72. The molecule has 0 unspecified atom stereocenters. The molecule has 1 aromatic carbocycles. The van der Waals surface area contributed by atoms with E-state index in [1.807, 2.05) is 0 Å². The van der Waals surface area contributed by atoms with Crippen LogP contribution < -0.4 is 15.8 Å². The lowest BCUT2D eigenvalue weighted by Crippen LogP contribution is -2.37. The van der Waals surface area contributed by atoms with Gasteiger partial charge in [-0.15, -0.1) is 0 Å². The monoisotopic (exact) mass is 300 g/mol. The average molecular weight is 300 g/mol. The van der Waals surface area contributed by atoms with E-state index in [-0.39, 0.29) is 30.9 Å². The highest BCUT2D eigenvalue weighted by atomic mass is 19.1. The lowest BCUT2D eigenvalue weighted by molar-refractivity contribution is -0.131. The van der Waals surface area contributed by atoms with Crippen molar-refractivity contribution >= 4 is 5.91 Å². The molecule has 1 amide bonds. The summed E-state index contributed by atoms with van der Waals surface area (Å²) in [5.41, 5.74) is 5.47. The largest absolute Gasteiger partial charge is 0.489 e. The van der Waals surface area contributed by atoms with Crippen LogP contribution in [0, 0.1) is 11.6 Å². The van der Waals surface area contributed by atoms with Crippen molar-refractivity contribution in [3.63, 3.8) is 0 Å². The number of nitrogens with two attached hydrogens (primary N) is 1. The van der Waals surface area contributed by atoms with Crippen molar-refractivity contribution in [2.45, 2.75) is 25.0 Å². The third-order valence-electron chi connectivity index (χ3n) is 3.22. The van der Waals surface area contributed by atoms with Crippen LogP contribution in [0.25, 0.3) is 0 Å². The topological polar surface area (TPSA) is 73.6 Å². The van der Waals surface area contributed by atoms with E-state index in [4.69, 9.17) is 15.2 Å². The second-order valence-corrected chi connectivity index (χ2v) is 4.77. The molecular formula is C14H18F2N2O3. The molecule has 0 spiro atoms. The molecule has 0 bridgehead atoms. The highest BCUT2D eigenvalue weighted by Crippen LogP contribution is 2.19. The minimum atomic E-state index is -0.772. The van der Waals surface area contributed by atoms with Gasteiger partial charge in [-0.05, 0) is 25.0 Å². The highest BCUT2D eigenvalue weighted by molar-refractivity contribution is 5.81. The summed E-state index contributed by atoms with van der Waals surface area (Å²) in [6.45, 7) is 0.695. The first-order chi connectivity index (χ1) is 10.1. The lowest BCUT2D eigenvalue weighted by atomic mass is 10.2. The summed E-state index contributed by atoms with van der Waals surface area (Å²) >= 11 is 0. The zero-order chi connectivity index (χ0) is 15.2. The van der Waals surface area contributed by atoms with Crippen LogP contribution in [0.15, 0.2) is 18.2 Å². The van der Waals surface area contributed by atoms with Crippen LogP contribution in [0.1, 0.15) is 12.8 Å². The molecule has 1 aliphatic heterocycles. The second kappa shape index (κ2) is 7.33. The molecule has 1 fully saturated rings. The van der Waals surface area contributed by atoms with E-state index in [0.717, 1.165) is 18.6 Å². The molecule has 2 atom stereocenters. The Morgan fingerprint density at radius 3 is 2.90 bits per heavy atom. The molecule has 7 heteroatoms. The first kappa shape index (κ1) is 15.7. The average Bonchev–Trinajstić information content (AvgIpc) is 2.94. The molecule has 0 aromatic heterocycles. The van der Waals surface area contributed by atoms with Gasteiger partial charge in [0.25, 0.3) is 0 Å². The minimum absolute atomic E-state index is 0.0500. The molecule has 5 nitrogen and oxygen atoms in total. The Morgan fingerprint density at radius 2 is 2.24 bits per heavy atom. The summed E-state index contributed by atoms with van der Waals surface area (Å²) < 4.78 is 36.6. The number of halogens is 2. The molecule has 21 heavy (non-hydrogen) atoms. The van der Waals surface area contributed by atoms with Gasteiger partial charge in [-0.1, -0.05) is 0 Å². The fraction of sp³-hybridized carbons (Fsp3) is 0.500. The zero-order valence-corrected chi connectivity index (χ0v) is 11.5. The Hall–Kier alpha value is -1.73. The van der Waals surface area contributed by atoms with Gasteiger partial charge < -0.3 is 20.5 Å². The highest BCUT2D eigenvalue weighted by Gasteiger charge is 2.29. The number of ether oxygens (including phenoxy) is 2. The maximum Gasteiger partial charge on any atom is 0.249 e. The number of benzene rings is 1. The van der Waals surface area contributed by atoms with Crippen LogP contribution in [-0.2, 0) is 9.53 Å². The van der Waals surface area contributed by atoms with Crippen LogP contribution in [-0.4, -0.2) is 37.8 Å². The van der Waals surface area contributed by atoms with Crippen LogP contribution in [0.3, 0.4) is 0 Å². The molecule has 1 aliphatic rings. The summed E-state index contributed by atoms with van der Waals surface area (Å²) in [7, 11) is 0. The maximum absolute atomic E-state index is 13.3. The summed E-state index contributed by atoms with van der Waals surface area (Å²) in [5, 5.41) is 2.64. The van der Waals surface area contributed by atoms with Crippen molar-refractivity contribution in [1.82, 2.24) is 5.32 Å². The molecule has 1 aromatic rings. The van der Waals surface area contributed by atoms with E-state index < -0.39 is 17.7 Å². The third-order valence-corrected chi connectivity index (χ3v) is 3.22. The van der Waals surface area contributed by atoms with E-state index >= 15 is 0 Å². The van der Waals surface area contributed by atoms with Gasteiger partial charge in [0.2, 0.25) is 5.91 Å². The van der Waals surface area contributed by atoms with Crippen molar-refractivity contribution in [1.29, 1.82) is 0 Å². The van der Waals surface area contributed by atoms with Gasteiger partial charge in [-0.3, -0.25) is 4.79 Å². The van der Waals surface area contributed by atoms with Gasteiger partial charge in [0.15, 0.2) is 11.6 Å². The van der Waals surface area contributed by atoms with Crippen LogP contribution in [0.2, 0.25) is 0 Å². The molecule has 2 rings (SSSR count). The Balaban J connectivity index is 1.69. The predicted molar refractivity (Wildman–Crippen MR) is 71.8 cm³/mol. The van der Waals surface area contributed by atoms with E-state index in [2.05, 4.69) is 5.32 Å². The SMILES string of the molecule is NC[C@H]1CC[C@@H](C(=O)NCCOc2ccc(F)cc2F)O1. The van der Waals surface area contributed by atoms with Gasteiger partial charge >= 0.3 is 0 Å². The third kappa shape index (κ3) is 4.37.